The molecule has 18 heavy (non-hydrogen) atoms. The van der Waals surface area contributed by atoms with Gasteiger partial charge in [-0.3, -0.25) is 4.79 Å². The summed E-state index contributed by atoms with van der Waals surface area (Å²) in [6.45, 7) is 5.59. The number of aryl methyl sites for hydroxylation is 1. The van der Waals surface area contributed by atoms with E-state index < -0.39 is 10.0 Å². The number of hydrogen-bond donors (Lipinski definition) is 1. The van der Waals surface area contributed by atoms with Crippen LogP contribution in [0.3, 0.4) is 0 Å². The van der Waals surface area contributed by atoms with E-state index >= 15 is 0 Å². The van der Waals surface area contributed by atoms with Crippen molar-refractivity contribution >= 4 is 15.8 Å². The maximum atomic E-state index is 11.9. The maximum Gasteiger partial charge on any atom is 0.240 e. The van der Waals surface area contributed by atoms with E-state index in [2.05, 4.69) is 4.72 Å². The van der Waals surface area contributed by atoms with Crippen LogP contribution < -0.4 is 4.72 Å². The van der Waals surface area contributed by atoms with Crippen molar-refractivity contribution in [3.63, 3.8) is 0 Å². The van der Waals surface area contributed by atoms with Gasteiger partial charge >= 0.3 is 0 Å². The Bertz CT molecular complexity index is 504. The minimum Gasteiger partial charge on any atom is -0.298 e. The average Bonchev–Trinajstić information content (AvgIpc) is 2.26. The fourth-order valence-corrected chi connectivity index (χ4v) is 2.52. The predicted molar refractivity (Wildman–Crippen MR) is 70.8 cm³/mol. The smallest absolute Gasteiger partial charge is 0.240 e. The van der Waals surface area contributed by atoms with Gasteiger partial charge in [0.05, 0.1) is 11.4 Å². The number of sulfonamides is 1. The number of ketones is 1. The molecule has 0 aliphatic rings. The second kappa shape index (κ2) is 6.11. The first kappa shape index (κ1) is 14.9. The van der Waals surface area contributed by atoms with Gasteiger partial charge in [-0.25, -0.2) is 13.1 Å². The predicted octanol–water partition coefficient (Wildman–Crippen LogP) is 1.89. The Balaban J connectivity index is 2.66. The minimum atomic E-state index is -3.58. The molecule has 4 nitrogen and oxygen atoms in total. The first-order valence-corrected chi connectivity index (χ1v) is 7.37. The first-order valence-electron chi connectivity index (χ1n) is 5.89. The van der Waals surface area contributed by atoms with Crippen molar-refractivity contribution in [2.75, 3.05) is 6.54 Å². The van der Waals surface area contributed by atoms with Crippen LogP contribution in [0.4, 0.5) is 0 Å². The van der Waals surface area contributed by atoms with E-state index in [1.165, 1.54) is 12.1 Å². The van der Waals surface area contributed by atoms with Crippen molar-refractivity contribution in [3.05, 3.63) is 29.8 Å². The van der Waals surface area contributed by atoms with E-state index in [0.29, 0.717) is 6.42 Å². The molecule has 0 radical (unpaired) electrons. The highest BCUT2D eigenvalue weighted by molar-refractivity contribution is 7.89. The van der Waals surface area contributed by atoms with Crippen LogP contribution in [0, 0.1) is 12.8 Å². The largest absolute Gasteiger partial charge is 0.298 e. The van der Waals surface area contributed by atoms with Crippen molar-refractivity contribution in [1.82, 2.24) is 4.72 Å². The van der Waals surface area contributed by atoms with Gasteiger partial charge in [-0.05, 0) is 25.0 Å². The third-order valence-electron chi connectivity index (χ3n) is 2.43. The molecule has 1 rings (SSSR count). The highest BCUT2D eigenvalue weighted by Crippen LogP contribution is 2.09. The second-order valence-corrected chi connectivity index (χ2v) is 6.54. The quantitative estimate of drug-likeness (QED) is 0.857. The van der Waals surface area contributed by atoms with Crippen molar-refractivity contribution in [2.24, 2.45) is 5.92 Å². The molecule has 0 saturated carbocycles. The molecule has 0 aliphatic carbocycles. The van der Waals surface area contributed by atoms with Crippen LogP contribution >= 0.6 is 0 Å². The van der Waals surface area contributed by atoms with Crippen molar-refractivity contribution < 1.29 is 13.2 Å². The zero-order valence-corrected chi connectivity index (χ0v) is 11.8. The van der Waals surface area contributed by atoms with E-state index in [1.54, 1.807) is 12.1 Å². The third-order valence-corrected chi connectivity index (χ3v) is 3.84. The lowest BCUT2D eigenvalue weighted by molar-refractivity contribution is -0.118. The lowest BCUT2D eigenvalue weighted by atomic mass is 10.1. The molecule has 0 bridgehead atoms. The summed E-state index contributed by atoms with van der Waals surface area (Å²) in [4.78, 5) is 11.6. The fourth-order valence-electron chi connectivity index (χ4n) is 1.50. The van der Waals surface area contributed by atoms with E-state index in [4.69, 9.17) is 0 Å². The Kier molecular flexibility index (Phi) is 5.04. The van der Waals surface area contributed by atoms with Gasteiger partial charge in [0.25, 0.3) is 0 Å². The number of carbonyl (C=O) groups excluding carboxylic acids is 1. The molecule has 1 aromatic carbocycles. The van der Waals surface area contributed by atoms with Gasteiger partial charge in [-0.15, -0.1) is 0 Å². The number of nitrogens with one attached hydrogen (secondary N) is 1. The SMILES string of the molecule is Cc1ccc(S(=O)(=O)NCC(=O)CC(C)C)cc1. The molecule has 0 amide bonds. The summed E-state index contributed by atoms with van der Waals surface area (Å²) in [6, 6.07) is 6.52. The Morgan fingerprint density at radius 2 is 1.78 bits per heavy atom. The summed E-state index contributed by atoms with van der Waals surface area (Å²) in [5.74, 6) is 0.141. The molecule has 0 aromatic heterocycles. The molecule has 5 heteroatoms. The van der Waals surface area contributed by atoms with Crippen LogP contribution in [0.2, 0.25) is 0 Å². The van der Waals surface area contributed by atoms with Crippen molar-refractivity contribution in [3.8, 4) is 0 Å². The molecule has 0 saturated heterocycles. The van der Waals surface area contributed by atoms with Crippen LogP contribution in [0.5, 0.6) is 0 Å². The van der Waals surface area contributed by atoms with Crippen molar-refractivity contribution in [2.45, 2.75) is 32.1 Å². The van der Waals surface area contributed by atoms with E-state index in [9.17, 15) is 13.2 Å². The van der Waals surface area contributed by atoms with Gasteiger partial charge in [0, 0.05) is 6.42 Å². The molecule has 0 heterocycles. The molecular weight excluding hydrogens is 250 g/mol. The maximum absolute atomic E-state index is 11.9. The summed E-state index contributed by atoms with van der Waals surface area (Å²) in [7, 11) is -3.58. The molecule has 1 N–H and O–H groups in total. The normalized spacial score (nSPS) is 11.8. The number of rotatable bonds is 6. The van der Waals surface area contributed by atoms with E-state index in [0.717, 1.165) is 5.56 Å². The zero-order chi connectivity index (χ0) is 13.8. The molecule has 0 unspecified atom stereocenters. The zero-order valence-electron chi connectivity index (χ0n) is 10.9. The Morgan fingerprint density at radius 1 is 1.22 bits per heavy atom. The molecule has 0 spiro atoms. The summed E-state index contributed by atoms with van der Waals surface area (Å²) in [5.41, 5.74) is 0.991. The highest BCUT2D eigenvalue weighted by Gasteiger charge is 2.15. The van der Waals surface area contributed by atoms with Crippen LogP contribution in [0.15, 0.2) is 29.2 Å². The minimum absolute atomic E-state index is 0.0966. The number of benzene rings is 1. The van der Waals surface area contributed by atoms with Crippen molar-refractivity contribution in [1.29, 1.82) is 0 Å². The van der Waals surface area contributed by atoms with E-state index in [-0.39, 0.29) is 23.1 Å². The number of hydrogen-bond acceptors (Lipinski definition) is 3. The van der Waals surface area contributed by atoms with Crippen LogP contribution in [0.25, 0.3) is 0 Å². The number of Topliss-reactive ketones (excluding diaryl/α,β-unsaturated/α-hetero) is 1. The van der Waals surface area contributed by atoms with Gasteiger partial charge in [0.2, 0.25) is 10.0 Å². The van der Waals surface area contributed by atoms with Gasteiger partial charge in [0.1, 0.15) is 5.78 Å². The average molecular weight is 269 g/mol. The van der Waals surface area contributed by atoms with Gasteiger partial charge < -0.3 is 0 Å². The van der Waals surface area contributed by atoms with Gasteiger partial charge in [-0.2, -0.15) is 0 Å². The van der Waals surface area contributed by atoms with Crippen LogP contribution in [-0.2, 0) is 14.8 Å². The third kappa shape index (κ3) is 4.58. The summed E-state index contributed by atoms with van der Waals surface area (Å²) in [5, 5.41) is 0. The molecule has 100 valence electrons. The summed E-state index contributed by atoms with van der Waals surface area (Å²) >= 11 is 0. The van der Waals surface area contributed by atoms with Crippen LogP contribution in [0.1, 0.15) is 25.8 Å². The molecule has 1 aromatic rings. The second-order valence-electron chi connectivity index (χ2n) is 4.77. The monoisotopic (exact) mass is 269 g/mol. The molecule has 0 atom stereocenters. The molecule has 0 aliphatic heterocycles. The summed E-state index contributed by atoms with van der Waals surface area (Å²) in [6.07, 6.45) is 0.385. The Morgan fingerprint density at radius 3 is 2.28 bits per heavy atom. The first-order chi connectivity index (χ1) is 8.31. The molecular formula is C13H19NO3S. The molecule has 0 fully saturated rings. The lowest BCUT2D eigenvalue weighted by Gasteiger charge is -2.07. The summed E-state index contributed by atoms with van der Waals surface area (Å²) < 4.78 is 26.1. The highest BCUT2D eigenvalue weighted by atomic mass is 32.2. The Labute approximate surface area is 108 Å². The fraction of sp³-hybridized carbons (Fsp3) is 0.462. The lowest BCUT2D eigenvalue weighted by Crippen LogP contribution is -2.30. The topological polar surface area (TPSA) is 63.2 Å². The van der Waals surface area contributed by atoms with Gasteiger partial charge in [0.15, 0.2) is 0 Å². The van der Waals surface area contributed by atoms with E-state index in [1.807, 2.05) is 20.8 Å². The number of carbonyl (C=O) groups is 1. The van der Waals surface area contributed by atoms with Crippen LogP contribution in [-0.4, -0.2) is 20.7 Å². The van der Waals surface area contributed by atoms with Gasteiger partial charge in [-0.1, -0.05) is 31.5 Å². The Hall–Kier alpha value is -1.20. The standard InChI is InChI=1S/C13H19NO3S/c1-10(2)8-12(15)9-14-18(16,17)13-6-4-11(3)5-7-13/h4-7,10,14H,8-9H2,1-3H3.